The molecule has 0 atom stereocenters. The van der Waals surface area contributed by atoms with Crippen LogP contribution in [-0.2, 0) is 6.54 Å². The molecule has 1 aliphatic carbocycles. The molecule has 3 aromatic rings. The molecular formula is C16H18N6O. The van der Waals surface area contributed by atoms with Gasteiger partial charge >= 0.3 is 0 Å². The molecule has 0 amide bonds. The van der Waals surface area contributed by atoms with Gasteiger partial charge in [0.2, 0.25) is 5.88 Å². The predicted molar refractivity (Wildman–Crippen MR) is 86.1 cm³/mol. The van der Waals surface area contributed by atoms with Gasteiger partial charge in [-0.15, -0.1) is 0 Å². The van der Waals surface area contributed by atoms with Gasteiger partial charge in [-0.05, 0) is 31.7 Å². The van der Waals surface area contributed by atoms with Crippen molar-refractivity contribution in [2.45, 2.75) is 38.3 Å². The van der Waals surface area contributed by atoms with Crippen molar-refractivity contribution in [1.82, 2.24) is 24.9 Å². The maximum absolute atomic E-state index is 6.06. The van der Waals surface area contributed by atoms with Crippen molar-refractivity contribution in [1.29, 1.82) is 0 Å². The number of H-pyrrole nitrogens is 1. The molecule has 3 aromatic heterocycles. The molecule has 4 rings (SSSR count). The van der Waals surface area contributed by atoms with Gasteiger partial charge < -0.3 is 15.0 Å². The third-order valence-electron chi connectivity index (χ3n) is 4.10. The van der Waals surface area contributed by atoms with Gasteiger partial charge in [0.1, 0.15) is 17.9 Å². The Kier molecular flexibility index (Phi) is 3.75. The molecule has 0 aliphatic heterocycles. The molecule has 118 valence electrons. The van der Waals surface area contributed by atoms with E-state index in [0.717, 1.165) is 29.7 Å². The van der Waals surface area contributed by atoms with Crippen LogP contribution < -0.4 is 10.1 Å². The van der Waals surface area contributed by atoms with Crippen molar-refractivity contribution >= 4 is 17.0 Å². The maximum Gasteiger partial charge on any atom is 0.218 e. The molecule has 7 nitrogen and oxygen atoms in total. The van der Waals surface area contributed by atoms with E-state index in [1.807, 2.05) is 12.1 Å². The number of ether oxygens (including phenoxy) is 1. The number of hydrogen-bond donors (Lipinski definition) is 2. The van der Waals surface area contributed by atoms with Crippen molar-refractivity contribution < 1.29 is 4.74 Å². The van der Waals surface area contributed by atoms with Gasteiger partial charge in [-0.2, -0.15) is 0 Å². The summed E-state index contributed by atoms with van der Waals surface area (Å²) in [4.78, 5) is 20.0. The number of aromatic amines is 1. The Balaban J connectivity index is 1.51. The quantitative estimate of drug-likeness (QED) is 0.753. The van der Waals surface area contributed by atoms with E-state index in [2.05, 4.69) is 30.2 Å². The zero-order valence-electron chi connectivity index (χ0n) is 12.7. The summed E-state index contributed by atoms with van der Waals surface area (Å²) >= 11 is 0. The van der Waals surface area contributed by atoms with Crippen molar-refractivity contribution in [3.8, 4) is 5.88 Å². The first-order valence-electron chi connectivity index (χ1n) is 7.88. The minimum Gasteiger partial charge on any atom is -0.474 e. The minimum absolute atomic E-state index is 0.294. The lowest BCUT2D eigenvalue weighted by atomic mass is 10.2. The van der Waals surface area contributed by atoms with Gasteiger partial charge in [0.25, 0.3) is 0 Å². The first-order chi connectivity index (χ1) is 11.4. The molecule has 0 aromatic carbocycles. The van der Waals surface area contributed by atoms with Crippen LogP contribution in [0.3, 0.4) is 0 Å². The zero-order valence-corrected chi connectivity index (χ0v) is 12.7. The number of rotatable bonds is 5. The fourth-order valence-corrected chi connectivity index (χ4v) is 2.91. The largest absolute Gasteiger partial charge is 0.474 e. The molecular weight excluding hydrogens is 292 g/mol. The molecule has 2 N–H and O–H groups in total. The lowest BCUT2D eigenvalue weighted by molar-refractivity contribution is 0.199. The summed E-state index contributed by atoms with van der Waals surface area (Å²) in [7, 11) is 0. The molecule has 1 fully saturated rings. The summed E-state index contributed by atoms with van der Waals surface area (Å²) in [5.41, 5.74) is 2.47. The van der Waals surface area contributed by atoms with Crippen LogP contribution in [0.25, 0.3) is 11.2 Å². The van der Waals surface area contributed by atoms with E-state index in [1.54, 1.807) is 12.5 Å². The van der Waals surface area contributed by atoms with E-state index in [1.165, 1.54) is 19.2 Å². The summed E-state index contributed by atoms with van der Waals surface area (Å²) in [6.07, 6.45) is 9.89. The van der Waals surface area contributed by atoms with Crippen LogP contribution in [0.1, 0.15) is 31.2 Å². The maximum atomic E-state index is 6.06. The summed E-state index contributed by atoms with van der Waals surface area (Å²) < 4.78 is 6.06. The van der Waals surface area contributed by atoms with Crippen molar-refractivity contribution in [3.63, 3.8) is 0 Å². The smallest absolute Gasteiger partial charge is 0.218 e. The average molecular weight is 310 g/mol. The van der Waals surface area contributed by atoms with Gasteiger partial charge in [0, 0.05) is 18.3 Å². The van der Waals surface area contributed by atoms with E-state index in [4.69, 9.17) is 4.74 Å². The molecule has 0 spiro atoms. The highest BCUT2D eigenvalue weighted by Crippen LogP contribution is 2.25. The summed E-state index contributed by atoms with van der Waals surface area (Å²) in [6, 6.07) is 3.94. The van der Waals surface area contributed by atoms with E-state index in [0.29, 0.717) is 24.2 Å². The summed E-state index contributed by atoms with van der Waals surface area (Å²) in [5, 5.41) is 3.31. The normalized spacial score (nSPS) is 15.1. The van der Waals surface area contributed by atoms with Crippen LogP contribution in [0.4, 0.5) is 5.82 Å². The van der Waals surface area contributed by atoms with Gasteiger partial charge in [-0.1, -0.05) is 6.07 Å². The van der Waals surface area contributed by atoms with E-state index in [-0.39, 0.29) is 0 Å². The fraction of sp³-hybridized carbons (Fsp3) is 0.375. The number of nitrogens with one attached hydrogen (secondary N) is 2. The number of imidazole rings is 1. The number of pyridine rings is 1. The second-order valence-corrected chi connectivity index (χ2v) is 5.67. The highest BCUT2D eigenvalue weighted by atomic mass is 16.5. The molecule has 0 bridgehead atoms. The van der Waals surface area contributed by atoms with Crippen LogP contribution in [-0.4, -0.2) is 31.0 Å². The van der Waals surface area contributed by atoms with Gasteiger partial charge in [-0.3, -0.25) is 0 Å². The Labute approximate surface area is 133 Å². The Morgan fingerprint density at radius 3 is 3.00 bits per heavy atom. The molecule has 0 unspecified atom stereocenters. The van der Waals surface area contributed by atoms with Crippen molar-refractivity contribution in [2.75, 3.05) is 5.32 Å². The Morgan fingerprint density at radius 1 is 1.17 bits per heavy atom. The topological polar surface area (TPSA) is 88.6 Å². The van der Waals surface area contributed by atoms with E-state index < -0.39 is 0 Å². The average Bonchev–Trinajstić information content (AvgIpc) is 3.25. The Morgan fingerprint density at radius 2 is 2.09 bits per heavy atom. The summed E-state index contributed by atoms with van der Waals surface area (Å²) in [6.45, 7) is 0.584. The summed E-state index contributed by atoms with van der Waals surface area (Å²) in [5.74, 6) is 1.44. The number of nitrogens with zero attached hydrogens (tertiary/aromatic N) is 4. The van der Waals surface area contributed by atoms with Crippen LogP contribution in [0.5, 0.6) is 5.88 Å². The second-order valence-electron chi connectivity index (χ2n) is 5.67. The Bertz CT molecular complexity index is 796. The molecule has 1 aliphatic rings. The zero-order chi connectivity index (χ0) is 15.5. The third kappa shape index (κ3) is 2.94. The molecule has 3 heterocycles. The van der Waals surface area contributed by atoms with Gasteiger partial charge in [-0.25, -0.2) is 19.9 Å². The molecule has 23 heavy (non-hydrogen) atoms. The van der Waals surface area contributed by atoms with Gasteiger partial charge in [0.05, 0.1) is 6.33 Å². The highest BCUT2D eigenvalue weighted by molar-refractivity contribution is 5.81. The SMILES string of the molecule is c1cnc(OC2CCCC2)c(CNc2ncnc3nc[nH]c23)c1. The number of aromatic nitrogens is 5. The van der Waals surface area contributed by atoms with E-state index in [9.17, 15) is 0 Å². The van der Waals surface area contributed by atoms with Crippen molar-refractivity contribution in [2.24, 2.45) is 0 Å². The number of hydrogen-bond acceptors (Lipinski definition) is 6. The first kappa shape index (κ1) is 13.9. The first-order valence-corrected chi connectivity index (χ1v) is 7.88. The van der Waals surface area contributed by atoms with Crippen LogP contribution in [0.2, 0.25) is 0 Å². The molecule has 1 saturated carbocycles. The highest BCUT2D eigenvalue weighted by Gasteiger charge is 2.18. The van der Waals surface area contributed by atoms with E-state index >= 15 is 0 Å². The monoisotopic (exact) mass is 310 g/mol. The number of fused-ring (bicyclic) bond motifs is 1. The molecule has 0 saturated heterocycles. The van der Waals surface area contributed by atoms with Gasteiger partial charge in [0.15, 0.2) is 11.5 Å². The lowest BCUT2D eigenvalue weighted by Gasteiger charge is -2.15. The predicted octanol–water partition coefficient (Wildman–Crippen LogP) is 2.68. The number of anilines is 1. The molecule has 0 radical (unpaired) electrons. The van der Waals surface area contributed by atoms with Crippen LogP contribution in [0.15, 0.2) is 31.0 Å². The standard InChI is InChI=1S/C16H18N6O/c1-2-6-12(5-1)23-16-11(4-3-7-17-16)8-18-14-13-15(20-9-19-13)22-10-21-14/h3-4,7,9-10,12H,1-2,5-6,8H2,(H2,18,19,20,21,22). The van der Waals surface area contributed by atoms with Crippen molar-refractivity contribution in [3.05, 3.63) is 36.5 Å². The molecule has 7 heteroatoms. The third-order valence-corrected chi connectivity index (χ3v) is 4.10. The Hall–Kier alpha value is -2.70. The lowest BCUT2D eigenvalue weighted by Crippen LogP contribution is -2.14. The van der Waals surface area contributed by atoms with Crippen LogP contribution >= 0.6 is 0 Å². The van der Waals surface area contributed by atoms with Crippen LogP contribution in [0, 0.1) is 0 Å². The minimum atomic E-state index is 0.294. The second kappa shape index (κ2) is 6.20. The fourth-order valence-electron chi connectivity index (χ4n) is 2.91.